The third-order valence-corrected chi connectivity index (χ3v) is 3.38. The number of carbonyl (C=O) groups excluding carboxylic acids is 1. The van der Waals surface area contributed by atoms with E-state index in [9.17, 15) is 4.79 Å². The van der Waals surface area contributed by atoms with Crippen LogP contribution in [-0.2, 0) is 9.53 Å². The molecule has 4 heteroatoms. The van der Waals surface area contributed by atoms with Crippen molar-refractivity contribution in [3.05, 3.63) is 0 Å². The number of rotatable bonds is 3. The minimum Gasteiger partial charge on any atom is -0.381 e. The predicted molar refractivity (Wildman–Crippen MR) is 57.6 cm³/mol. The lowest BCUT2D eigenvalue weighted by Crippen LogP contribution is -2.39. The lowest BCUT2D eigenvalue weighted by Gasteiger charge is -2.27. The van der Waals surface area contributed by atoms with Crippen molar-refractivity contribution in [1.29, 1.82) is 0 Å². The van der Waals surface area contributed by atoms with Gasteiger partial charge in [-0.3, -0.25) is 4.79 Å². The van der Waals surface area contributed by atoms with E-state index in [1.807, 2.05) is 11.9 Å². The normalized spacial score (nSPS) is 32.3. The molecule has 4 nitrogen and oxygen atoms in total. The average molecular weight is 212 g/mol. The Morgan fingerprint density at radius 3 is 3.00 bits per heavy atom. The largest absolute Gasteiger partial charge is 0.381 e. The molecular formula is C11H20N2O2. The van der Waals surface area contributed by atoms with Crippen LogP contribution in [-0.4, -0.2) is 50.2 Å². The van der Waals surface area contributed by atoms with Crippen LogP contribution in [0.1, 0.15) is 19.3 Å². The zero-order chi connectivity index (χ0) is 10.7. The Labute approximate surface area is 91.0 Å². The van der Waals surface area contributed by atoms with Gasteiger partial charge in [-0.05, 0) is 32.2 Å². The minimum absolute atomic E-state index is 0.0505. The molecule has 0 aromatic carbocycles. The molecule has 0 aromatic heterocycles. The number of ether oxygens (including phenoxy) is 1. The van der Waals surface area contributed by atoms with E-state index in [2.05, 4.69) is 5.32 Å². The molecule has 0 spiro atoms. The van der Waals surface area contributed by atoms with Crippen molar-refractivity contribution in [2.75, 3.05) is 33.4 Å². The van der Waals surface area contributed by atoms with Crippen molar-refractivity contribution in [2.45, 2.75) is 25.3 Å². The Morgan fingerprint density at radius 2 is 2.40 bits per heavy atom. The molecule has 0 aromatic rings. The van der Waals surface area contributed by atoms with Crippen LogP contribution in [0.4, 0.5) is 0 Å². The van der Waals surface area contributed by atoms with Crippen molar-refractivity contribution >= 4 is 5.91 Å². The number of carbonyl (C=O) groups is 1. The van der Waals surface area contributed by atoms with E-state index < -0.39 is 0 Å². The molecular weight excluding hydrogens is 192 g/mol. The first-order valence-electron chi connectivity index (χ1n) is 5.85. The highest BCUT2D eigenvalue weighted by Gasteiger charge is 2.31. The van der Waals surface area contributed by atoms with Crippen LogP contribution in [0, 0.1) is 5.92 Å². The second-order valence-corrected chi connectivity index (χ2v) is 4.50. The van der Waals surface area contributed by atoms with Gasteiger partial charge in [0.05, 0.1) is 12.6 Å². The molecule has 86 valence electrons. The van der Waals surface area contributed by atoms with Gasteiger partial charge in [-0.15, -0.1) is 0 Å². The summed E-state index contributed by atoms with van der Waals surface area (Å²) in [5.41, 5.74) is 0. The summed E-state index contributed by atoms with van der Waals surface area (Å²) in [4.78, 5) is 13.8. The average Bonchev–Trinajstić information content (AvgIpc) is 2.62. The number of nitrogens with one attached hydrogen (secondary N) is 1. The predicted octanol–water partition coefficient (Wildman–Crippen LogP) is 0.233. The van der Waals surface area contributed by atoms with Gasteiger partial charge >= 0.3 is 0 Å². The van der Waals surface area contributed by atoms with E-state index in [1.54, 1.807) is 0 Å². The smallest absolute Gasteiger partial charge is 0.239 e. The summed E-state index contributed by atoms with van der Waals surface area (Å²) in [6, 6.07) is 0.0505. The molecule has 2 fully saturated rings. The van der Waals surface area contributed by atoms with Crippen molar-refractivity contribution in [3.63, 3.8) is 0 Å². The summed E-state index contributed by atoms with van der Waals surface area (Å²) in [5, 5.41) is 3.06. The van der Waals surface area contributed by atoms with Gasteiger partial charge in [-0.1, -0.05) is 0 Å². The van der Waals surface area contributed by atoms with Gasteiger partial charge in [0.2, 0.25) is 5.91 Å². The minimum atomic E-state index is 0.0505. The molecule has 2 aliphatic rings. The van der Waals surface area contributed by atoms with Gasteiger partial charge in [0.25, 0.3) is 0 Å². The molecule has 2 heterocycles. The van der Waals surface area contributed by atoms with E-state index in [4.69, 9.17) is 4.74 Å². The lowest BCUT2D eigenvalue weighted by atomic mass is 10.0. The third-order valence-electron chi connectivity index (χ3n) is 3.38. The monoisotopic (exact) mass is 212 g/mol. The Morgan fingerprint density at radius 1 is 1.53 bits per heavy atom. The topological polar surface area (TPSA) is 41.6 Å². The first kappa shape index (κ1) is 10.9. The van der Waals surface area contributed by atoms with Gasteiger partial charge in [-0.2, -0.15) is 0 Å². The van der Waals surface area contributed by atoms with Crippen LogP contribution in [0.25, 0.3) is 0 Å². The molecule has 0 saturated carbocycles. The van der Waals surface area contributed by atoms with Crippen LogP contribution in [0.3, 0.4) is 0 Å². The number of likely N-dealkylation sites (N-methyl/N-ethyl adjacent to an activating group) is 1. The van der Waals surface area contributed by atoms with Gasteiger partial charge in [-0.25, -0.2) is 0 Å². The van der Waals surface area contributed by atoms with Crippen LogP contribution < -0.4 is 5.32 Å². The number of hydrogen-bond acceptors (Lipinski definition) is 3. The molecule has 0 bridgehead atoms. The second kappa shape index (κ2) is 4.94. The third kappa shape index (κ3) is 2.49. The first-order valence-corrected chi connectivity index (χ1v) is 5.85. The Bertz CT molecular complexity index is 227. The molecule has 0 aliphatic carbocycles. The van der Waals surface area contributed by atoms with Gasteiger partial charge in [0.15, 0.2) is 0 Å². The van der Waals surface area contributed by atoms with Crippen molar-refractivity contribution in [3.8, 4) is 0 Å². The summed E-state index contributed by atoms with van der Waals surface area (Å²) < 4.78 is 5.43. The van der Waals surface area contributed by atoms with Gasteiger partial charge in [0, 0.05) is 19.7 Å². The molecule has 2 saturated heterocycles. The quantitative estimate of drug-likeness (QED) is 0.728. The molecule has 1 amide bonds. The zero-order valence-electron chi connectivity index (χ0n) is 9.37. The van der Waals surface area contributed by atoms with Crippen LogP contribution in [0.5, 0.6) is 0 Å². The Balaban J connectivity index is 1.82. The highest BCUT2D eigenvalue weighted by molar-refractivity contribution is 5.83. The van der Waals surface area contributed by atoms with E-state index in [1.165, 1.54) is 6.42 Å². The molecule has 1 N–H and O–H groups in total. The van der Waals surface area contributed by atoms with Gasteiger partial charge < -0.3 is 15.0 Å². The molecule has 2 atom stereocenters. The second-order valence-electron chi connectivity index (χ2n) is 4.50. The highest BCUT2D eigenvalue weighted by Crippen LogP contribution is 2.18. The summed E-state index contributed by atoms with van der Waals surface area (Å²) in [5.74, 6) is 0.821. The number of likely N-dealkylation sites (tertiary alicyclic amines) is 1. The molecule has 2 unspecified atom stereocenters. The Hall–Kier alpha value is -0.610. The fourth-order valence-electron chi connectivity index (χ4n) is 2.45. The summed E-state index contributed by atoms with van der Waals surface area (Å²) >= 11 is 0. The Kier molecular flexibility index (Phi) is 3.59. The summed E-state index contributed by atoms with van der Waals surface area (Å²) in [6.45, 7) is 3.51. The molecule has 2 aliphatic heterocycles. The van der Waals surface area contributed by atoms with Gasteiger partial charge in [0.1, 0.15) is 0 Å². The van der Waals surface area contributed by atoms with E-state index >= 15 is 0 Å². The van der Waals surface area contributed by atoms with Crippen molar-refractivity contribution in [2.24, 2.45) is 5.92 Å². The lowest BCUT2D eigenvalue weighted by molar-refractivity contribution is -0.130. The van der Waals surface area contributed by atoms with Crippen LogP contribution in [0.2, 0.25) is 0 Å². The standard InChI is InChI=1S/C11H20N2O2/c1-12-10-4-5-13(11(10)14)7-9-3-2-6-15-8-9/h9-10,12H,2-8H2,1H3. The van der Waals surface area contributed by atoms with Crippen molar-refractivity contribution < 1.29 is 9.53 Å². The number of amides is 1. The molecule has 0 radical (unpaired) electrons. The zero-order valence-corrected chi connectivity index (χ0v) is 9.37. The summed E-state index contributed by atoms with van der Waals surface area (Å²) in [7, 11) is 1.86. The fourth-order valence-corrected chi connectivity index (χ4v) is 2.45. The SMILES string of the molecule is CNC1CCN(CC2CCCOC2)C1=O. The first-order chi connectivity index (χ1) is 7.31. The number of nitrogens with zero attached hydrogens (tertiary/aromatic N) is 1. The maximum absolute atomic E-state index is 11.8. The van der Waals surface area contributed by atoms with Crippen LogP contribution in [0.15, 0.2) is 0 Å². The van der Waals surface area contributed by atoms with E-state index in [0.29, 0.717) is 5.92 Å². The summed E-state index contributed by atoms with van der Waals surface area (Å²) in [6.07, 6.45) is 3.29. The van der Waals surface area contributed by atoms with E-state index in [0.717, 1.165) is 39.1 Å². The number of hydrogen-bond donors (Lipinski definition) is 1. The molecule has 15 heavy (non-hydrogen) atoms. The maximum Gasteiger partial charge on any atom is 0.239 e. The highest BCUT2D eigenvalue weighted by atomic mass is 16.5. The van der Waals surface area contributed by atoms with Crippen LogP contribution >= 0.6 is 0 Å². The maximum atomic E-state index is 11.8. The van der Waals surface area contributed by atoms with E-state index in [-0.39, 0.29) is 11.9 Å². The van der Waals surface area contributed by atoms with Crippen molar-refractivity contribution in [1.82, 2.24) is 10.2 Å². The molecule has 2 rings (SSSR count). The fraction of sp³-hybridized carbons (Fsp3) is 0.909.